The van der Waals surface area contributed by atoms with Crippen LogP contribution in [0.3, 0.4) is 0 Å². The molecule has 0 saturated heterocycles. The van der Waals surface area contributed by atoms with Crippen molar-refractivity contribution in [3.05, 3.63) is 29.8 Å². The van der Waals surface area contributed by atoms with Gasteiger partial charge in [-0.3, -0.25) is 4.79 Å². The van der Waals surface area contributed by atoms with E-state index in [4.69, 9.17) is 0 Å². The van der Waals surface area contributed by atoms with Gasteiger partial charge < -0.3 is 16.0 Å². The van der Waals surface area contributed by atoms with Gasteiger partial charge >= 0.3 is 6.03 Å². The van der Waals surface area contributed by atoms with Crippen molar-refractivity contribution in [2.24, 2.45) is 5.92 Å². The molecule has 0 spiro atoms. The lowest BCUT2D eigenvalue weighted by atomic mass is 9.86. The average Bonchev–Trinajstić information content (AvgIpc) is 2.49. The third-order valence-electron chi connectivity index (χ3n) is 4.06. The summed E-state index contributed by atoms with van der Waals surface area (Å²) in [6, 6.07) is 6.92. The van der Waals surface area contributed by atoms with Crippen molar-refractivity contribution in [3.8, 4) is 0 Å². The summed E-state index contributed by atoms with van der Waals surface area (Å²) in [5, 5.41) is 8.41. The standard InChI is InChI=1S/C16H23N3O2/c1-11-5-3-4-6-14(11)19-16(21)18-13-9-7-12(8-10-13)15(20)17-2/h7-11,14H,3-6H2,1-2H3,(H,17,20)(H2,18,19,21)/t11-,14-/m0/s1. The topological polar surface area (TPSA) is 70.2 Å². The molecule has 1 aliphatic rings. The van der Waals surface area contributed by atoms with E-state index in [0.29, 0.717) is 17.2 Å². The van der Waals surface area contributed by atoms with E-state index in [-0.39, 0.29) is 18.0 Å². The minimum Gasteiger partial charge on any atom is -0.355 e. The second kappa shape index (κ2) is 7.11. The summed E-state index contributed by atoms with van der Waals surface area (Å²) in [6.45, 7) is 2.18. The average molecular weight is 289 g/mol. The first-order chi connectivity index (χ1) is 10.1. The van der Waals surface area contributed by atoms with Crippen molar-refractivity contribution >= 4 is 17.6 Å². The van der Waals surface area contributed by atoms with Gasteiger partial charge in [0.2, 0.25) is 0 Å². The van der Waals surface area contributed by atoms with E-state index >= 15 is 0 Å². The number of carbonyl (C=O) groups is 2. The van der Waals surface area contributed by atoms with Gasteiger partial charge in [-0.15, -0.1) is 0 Å². The van der Waals surface area contributed by atoms with Crippen LogP contribution in [0.25, 0.3) is 0 Å². The lowest BCUT2D eigenvalue weighted by Gasteiger charge is -2.29. The third-order valence-corrected chi connectivity index (χ3v) is 4.06. The summed E-state index contributed by atoms with van der Waals surface area (Å²) in [5.74, 6) is 0.391. The van der Waals surface area contributed by atoms with Crippen LogP contribution in [-0.4, -0.2) is 25.0 Å². The van der Waals surface area contributed by atoms with E-state index in [1.807, 2.05) is 0 Å². The molecular weight excluding hydrogens is 266 g/mol. The first-order valence-electron chi connectivity index (χ1n) is 7.50. The molecule has 0 aromatic heterocycles. The Hall–Kier alpha value is -2.04. The van der Waals surface area contributed by atoms with Crippen LogP contribution in [0.2, 0.25) is 0 Å². The Morgan fingerprint density at radius 1 is 1.10 bits per heavy atom. The highest BCUT2D eigenvalue weighted by molar-refractivity contribution is 5.95. The number of carbonyl (C=O) groups excluding carboxylic acids is 2. The van der Waals surface area contributed by atoms with Gasteiger partial charge in [-0.05, 0) is 43.0 Å². The van der Waals surface area contributed by atoms with E-state index in [0.717, 1.165) is 6.42 Å². The molecule has 3 N–H and O–H groups in total. The molecule has 0 radical (unpaired) electrons. The number of hydrogen-bond donors (Lipinski definition) is 3. The van der Waals surface area contributed by atoms with Crippen LogP contribution in [0, 0.1) is 5.92 Å². The van der Waals surface area contributed by atoms with E-state index in [2.05, 4.69) is 22.9 Å². The Bertz CT molecular complexity index is 499. The lowest BCUT2D eigenvalue weighted by Crippen LogP contribution is -2.43. The molecule has 0 heterocycles. The van der Waals surface area contributed by atoms with E-state index in [9.17, 15) is 9.59 Å². The van der Waals surface area contributed by atoms with Gasteiger partial charge in [-0.2, -0.15) is 0 Å². The Morgan fingerprint density at radius 2 is 1.76 bits per heavy atom. The summed E-state index contributed by atoms with van der Waals surface area (Å²) in [6.07, 6.45) is 4.65. The van der Waals surface area contributed by atoms with Crippen LogP contribution >= 0.6 is 0 Å². The second-order valence-corrected chi connectivity index (χ2v) is 5.62. The largest absolute Gasteiger partial charge is 0.355 e. The van der Waals surface area contributed by atoms with Gasteiger partial charge in [-0.25, -0.2) is 4.79 Å². The molecule has 1 fully saturated rings. The third kappa shape index (κ3) is 4.21. The van der Waals surface area contributed by atoms with Crippen molar-refractivity contribution in [2.75, 3.05) is 12.4 Å². The molecule has 1 aromatic carbocycles. The predicted octanol–water partition coefficient (Wildman–Crippen LogP) is 2.75. The molecular formula is C16H23N3O2. The van der Waals surface area contributed by atoms with Crippen LogP contribution in [0.5, 0.6) is 0 Å². The number of benzene rings is 1. The molecule has 2 atom stereocenters. The van der Waals surface area contributed by atoms with Gasteiger partial charge in [0, 0.05) is 24.3 Å². The summed E-state index contributed by atoms with van der Waals surface area (Å²) in [7, 11) is 1.59. The zero-order valence-electron chi connectivity index (χ0n) is 12.6. The Morgan fingerprint density at radius 3 is 2.38 bits per heavy atom. The molecule has 3 amide bonds. The summed E-state index contributed by atoms with van der Waals surface area (Å²) in [5.41, 5.74) is 1.26. The molecule has 0 bridgehead atoms. The van der Waals surface area contributed by atoms with Crippen LogP contribution in [0.1, 0.15) is 43.0 Å². The fourth-order valence-corrected chi connectivity index (χ4v) is 2.72. The van der Waals surface area contributed by atoms with Gasteiger partial charge in [-0.1, -0.05) is 19.8 Å². The minimum atomic E-state index is -0.179. The molecule has 5 heteroatoms. The van der Waals surface area contributed by atoms with Crippen LogP contribution in [0.15, 0.2) is 24.3 Å². The highest BCUT2D eigenvalue weighted by atomic mass is 16.2. The maximum atomic E-state index is 12.0. The van der Waals surface area contributed by atoms with Gasteiger partial charge in [0.1, 0.15) is 0 Å². The molecule has 5 nitrogen and oxygen atoms in total. The lowest BCUT2D eigenvalue weighted by molar-refractivity contribution is 0.0963. The molecule has 1 aliphatic carbocycles. The zero-order valence-corrected chi connectivity index (χ0v) is 12.6. The highest BCUT2D eigenvalue weighted by Gasteiger charge is 2.22. The predicted molar refractivity (Wildman–Crippen MR) is 83.4 cm³/mol. The molecule has 1 saturated carbocycles. The van der Waals surface area contributed by atoms with Crippen molar-refractivity contribution < 1.29 is 9.59 Å². The molecule has 114 valence electrons. The van der Waals surface area contributed by atoms with Crippen LogP contribution in [-0.2, 0) is 0 Å². The maximum absolute atomic E-state index is 12.0. The molecule has 0 aliphatic heterocycles. The highest BCUT2D eigenvalue weighted by Crippen LogP contribution is 2.23. The number of urea groups is 1. The quantitative estimate of drug-likeness (QED) is 0.800. The summed E-state index contributed by atoms with van der Waals surface area (Å²) < 4.78 is 0. The summed E-state index contributed by atoms with van der Waals surface area (Å²) in [4.78, 5) is 23.4. The number of nitrogens with one attached hydrogen (secondary N) is 3. The SMILES string of the molecule is CNC(=O)c1ccc(NC(=O)N[C@H]2CCCC[C@@H]2C)cc1. The van der Waals surface area contributed by atoms with E-state index < -0.39 is 0 Å². The zero-order chi connectivity index (χ0) is 15.2. The molecule has 21 heavy (non-hydrogen) atoms. The molecule has 2 rings (SSSR count). The van der Waals surface area contributed by atoms with Crippen molar-refractivity contribution in [2.45, 2.75) is 38.6 Å². The number of rotatable bonds is 3. The maximum Gasteiger partial charge on any atom is 0.319 e. The number of anilines is 1. The van der Waals surface area contributed by atoms with Crippen LogP contribution < -0.4 is 16.0 Å². The Labute approximate surface area is 125 Å². The van der Waals surface area contributed by atoms with Gasteiger partial charge in [0.05, 0.1) is 0 Å². The first-order valence-corrected chi connectivity index (χ1v) is 7.50. The van der Waals surface area contributed by atoms with Crippen molar-refractivity contribution in [1.29, 1.82) is 0 Å². The van der Waals surface area contributed by atoms with Crippen molar-refractivity contribution in [3.63, 3.8) is 0 Å². The first kappa shape index (κ1) is 15.4. The van der Waals surface area contributed by atoms with Gasteiger partial charge in [0.15, 0.2) is 0 Å². The second-order valence-electron chi connectivity index (χ2n) is 5.62. The molecule has 1 aromatic rings. The monoisotopic (exact) mass is 289 g/mol. The van der Waals surface area contributed by atoms with Gasteiger partial charge in [0.25, 0.3) is 5.91 Å². The van der Waals surface area contributed by atoms with Crippen LogP contribution in [0.4, 0.5) is 10.5 Å². The Kier molecular flexibility index (Phi) is 5.20. The van der Waals surface area contributed by atoms with E-state index in [1.54, 1.807) is 31.3 Å². The summed E-state index contributed by atoms with van der Waals surface area (Å²) >= 11 is 0. The smallest absolute Gasteiger partial charge is 0.319 e. The minimum absolute atomic E-state index is 0.137. The normalized spacial score (nSPS) is 21.4. The fourth-order valence-electron chi connectivity index (χ4n) is 2.72. The number of amides is 3. The molecule has 0 unspecified atom stereocenters. The van der Waals surface area contributed by atoms with E-state index in [1.165, 1.54) is 19.3 Å². The van der Waals surface area contributed by atoms with Crippen molar-refractivity contribution in [1.82, 2.24) is 10.6 Å². The number of hydrogen-bond acceptors (Lipinski definition) is 2. The fraction of sp³-hybridized carbons (Fsp3) is 0.500. The Balaban J connectivity index is 1.88.